The van der Waals surface area contributed by atoms with E-state index in [0.29, 0.717) is 6.42 Å². The summed E-state index contributed by atoms with van der Waals surface area (Å²) >= 11 is 0. The number of fused-ring (bicyclic) bond motifs is 1. The highest BCUT2D eigenvalue weighted by Crippen LogP contribution is 2.43. The number of hydrogen-bond acceptors (Lipinski definition) is 2. The molecule has 0 bridgehead atoms. The standard InChI is InChI=1S/C13H14O3/c1-13(2,12(15)16)10-7-6-9-8(10)4-3-5-11(9)14/h3-5,7,14H,6H2,1-2H3,(H,15,16). The third kappa shape index (κ3) is 1.40. The van der Waals surface area contributed by atoms with Gasteiger partial charge in [0.15, 0.2) is 0 Å². The SMILES string of the molecule is CC(C)(C(=O)O)C1=CCc2c(O)cccc21. The van der Waals surface area contributed by atoms with Crippen molar-refractivity contribution in [1.29, 1.82) is 0 Å². The summed E-state index contributed by atoms with van der Waals surface area (Å²) in [5, 5.41) is 18.9. The molecule has 16 heavy (non-hydrogen) atoms. The summed E-state index contributed by atoms with van der Waals surface area (Å²) in [7, 11) is 0. The molecule has 0 spiro atoms. The lowest BCUT2D eigenvalue weighted by Gasteiger charge is -2.22. The Morgan fingerprint density at radius 3 is 2.69 bits per heavy atom. The Morgan fingerprint density at radius 2 is 2.06 bits per heavy atom. The van der Waals surface area contributed by atoms with E-state index in [4.69, 9.17) is 0 Å². The monoisotopic (exact) mass is 218 g/mol. The van der Waals surface area contributed by atoms with E-state index in [1.54, 1.807) is 26.0 Å². The van der Waals surface area contributed by atoms with Gasteiger partial charge in [-0.15, -0.1) is 0 Å². The number of carboxylic acid groups (broad SMARTS) is 1. The maximum absolute atomic E-state index is 11.2. The number of rotatable bonds is 2. The Bertz CT molecular complexity index is 484. The van der Waals surface area contributed by atoms with E-state index in [9.17, 15) is 15.0 Å². The van der Waals surface area contributed by atoms with E-state index in [-0.39, 0.29) is 5.75 Å². The zero-order chi connectivity index (χ0) is 11.9. The summed E-state index contributed by atoms with van der Waals surface area (Å²) in [6.45, 7) is 3.36. The zero-order valence-corrected chi connectivity index (χ0v) is 9.32. The molecule has 0 amide bonds. The van der Waals surface area contributed by atoms with Crippen LogP contribution in [0.1, 0.15) is 25.0 Å². The topological polar surface area (TPSA) is 57.5 Å². The van der Waals surface area contributed by atoms with Crippen LogP contribution in [0.3, 0.4) is 0 Å². The van der Waals surface area contributed by atoms with Crippen molar-refractivity contribution in [1.82, 2.24) is 0 Å². The largest absolute Gasteiger partial charge is 0.508 e. The quantitative estimate of drug-likeness (QED) is 0.801. The Kier molecular flexibility index (Phi) is 2.26. The highest BCUT2D eigenvalue weighted by molar-refractivity contribution is 5.93. The fraction of sp³-hybridized carbons (Fsp3) is 0.308. The van der Waals surface area contributed by atoms with Gasteiger partial charge >= 0.3 is 5.97 Å². The molecule has 2 N–H and O–H groups in total. The maximum atomic E-state index is 11.2. The molecule has 0 atom stereocenters. The van der Waals surface area contributed by atoms with Crippen molar-refractivity contribution in [3.8, 4) is 5.75 Å². The number of benzene rings is 1. The van der Waals surface area contributed by atoms with Gasteiger partial charge in [-0.1, -0.05) is 18.2 Å². The number of phenols is 1. The van der Waals surface area contributed by atoms with Gasteiger partial charge in [-0.25, -0.2) is 0 Å². The van der Waals surface area contributed by atoms with Crippen LogP contribution in [0.15, 0.2) is 24.3 Å². The van der Waals surface area contributed by atoms with Crippen LogP contribution in [0, 0.1) is 5.41 Å². The molecular weight excluding hydrogens is 204 g/mol. The molecule has 0 aromatic heterocycles. The highest BCUT2D eigenvalue weighted by atomic mass is 16.4. The molecule has 84 valence electrons. The second-order valence-electron chi connectivity index (χ2n) is 4.56. The Balaban J connectivity index is 2.52. The lowest BCUT2D eigenvalue weighted by atomic mass is 9.81. The normalized spacial score (nSPS) is 14.5. The molecule has 0 radical (unpaired) electrons. The second-order valence-corrected chi connectivity index (χ2v) is 4.56. The number of aromatic hydroxyl groups is 1. The van der Waals surface area contributed by atoms with Crippen LogP contribution in [0.5, 0.6) is 5.75 Å². The molecule has 1 aliphatic carbocycles. The molecular formula is C13H14O3. The first-order chi connectivity index (χ1) is 7.44. The Morgan fingerprint density at radius 1 is 1.38 bits per heavy atom. The summed E-state index contributed by atoms with van der Waals surface area (Å²) in [6, 6.07) is 5.23. The summed E-state index contributed by atoms with van der Waals surface area (Å²) < 4.78 is 0. The number of aliphatic carboxylic acids is 1. The first-order valence-corrected chi connectivity index (χ1v) is 5.20. The number of carboxylic acids is 1. The molecule has 0 unspecified atom stereocenters. The molecule has 0 fully saturated rings. The molecule has 0 saturated heterocycles. The van der Waals surface area contributed by atoms with Crippen molar-refractivity contribution < 1.29 is 15.0 Å². The second kappa shape index (κ2) is 3.37. The molecule has 0 aliphatic heterocycles. The summed E-state index contributed by atoms with van der Waals surface area (Å²) in [5.41, 5.74) is 1.55. The van der Waals surface area contributed by atoms with Crippen LogP contribution >= 0.6 is 0 Å². The van der Waals surface area contributed by atoms with Crippen molar-refractivity contribution in [2.45, 2.75) is 20.3 Å². The lowest BCUT2D eigenvalue weighted by Crippen LogP contribution is -2.24. The first-order valence-electron chi connectivity index (χ1n) is 5.20. The minimum Gasteiger partial charge on any atom is -0.508 e. The van der Waals surface area contributed by atoms with Crippen molar-refractivity contribution in [2.24, 2.45) is 5.41 Å². The predicted octanol–water partition coefficient (Wildman–Crippen LogP) is 2.44. The van der Waals surface area contributed by atoms with Gasteiger partial charge in [0.1, 0.15) is 5.75 Å². The number of hydrogen-bond donors (Lipinski definition) is 2. The van der Waals surface area contributed by atoms with Gasteiger partial charge in [0.05, 0.1) is 5.41 Å². The predicted molar refractivity (Wildman–Crippen MR) is 61.2 cm³/mol. The van der Waals surface area contributed by atoms with Gasteiger partial charge in [0.25, 0.3) is 0 Å². The van der Waals surface area contributed by atoms with E-state index >= 15 is 0 Å². The van der Waals surface area contributed by atoms with Gasteiger partial charge in [0.2, 0.25) is 0 Å². The zero-order valence-electron chi connectivity index (χ0n) is 9.32. The fourth-order valence-corrected chi connectivity index (χ4v) is 2.06. The van der Waals surface area contributed by atoms with Gasteiger partial charge in [-0.2, -0.15) is 0 Å². The van der Waals surface area contributed by atoms with Crippen LogP contribution in [0.25, 0.3) is 5.57 Å². The van der Waals surface area contributed by atoms with Crippen LogP contribution in [-0.4, -0.2) is 16.2 Å². The molecule has 3 nitrogen and oxygen atoms in total. The minimum absolute atomic E-state index is 0.241. The van der Waals surface area contributed by atoms with Gasteiger partial charge < -0.3 is 10.2 Å². The van der Waals surface area contributed by atoms with Crippen molar-refractivity contribution in [2.75, 3.05) is 0 Å². The smallest absolute Gasteiger partial charge is 0.313 e. The lowest BCUT2D eigenvalue weighted by molar-refractivity contribution is -0.143. The summed E-state index contributed by atoms with van der Waals surface area (Å²) in [5.74, 6) is -0.611. The summed E-state index contributed by atoms with van der Waals surface area (Å²) in [4.78, 5) is 11.2. The molecule has 0 saturated carbocycles. The van der Waals surface area contributed by atoms with Gasteiger partial charge in [-0.3, -0.25) is 4.79 Å². The van der Waals surface area contributed by atoms with Crippen molar-refractivity contribution >= 4 is 11.5 Å². The molecule has 1 aliphatic rings. The maximum Gasteiger partial charge on any atom is 0.313 e. The first kappa shape index (κ1) is 10.7. The minimum atomic E-state index is -0.918. The van der Waals surface area contributed by atoms with Crippen molar-refractivity contribution in [3.05, 3.63) is 35.4 Å². The van der Waals surface area contributed by atoms with E-state index in [1.165, 1.54) is 0 Å². The highest BCUT2D eigenvalue weighted by Gasteiger charge is 2.35. The average Bonchev–Trinajstić information content (AvgIpc) is 2.63. The van der Waals surface area contributed by atoms with Crippen LogP contribution in [-0.2, 0) is 11.2 Å². The average molecular weight is 218 g/mol. The van der Waals surface area contributed by atoms with E-state index in [1.807, 2.05) is 12.1 Å². The molecule has 3 heteroatoms. The Hall–Kier alpha value is -1.77. The van der Waals surface area contributed by atoms with Gasteiger partial charge in [0, 0.05) is 5.56 Å². The van der Waals surface area contributed by atoms with Gasteiger partial charge in [-0.05, 0) is 37.5 Å². The summed E-state index contributed by atoms with van der Waals surface area (Å²) in [6.07, 6.45) is 2.49. The van der Waals surface area contributed by atoms with Crippen LogP contribution < -0.4 is 0 Å². The molecule has 1 aromatic carbocycles. The van der Waals surface area contributed by atoms with E-state index < -0.39 is 11.4 Å². The fourth-order valence-electron chi connectivity index (χ4n) is 2.06. The molecule has 2 rings (SSSR count). The van der Waals surface area contributed by atoms with E-state index in [0.717, 1.165) is 16.7 Å². The number of allylic oxidation sites excluding steroid dienone is 1. The van der Waals surface area contributed by atoms with Crippen LogP contribution in [0.4, 0.5) is 0 Å². The molecule has 0 heterocycles. The third-order valence-electron chi connectivity index (χ3n) is 3.16. The molecule has 1 aromatic rings. The van der Waals surface area contributed by atoms with Crippen molar-refractivity contribution in [3.63, 3.8) is 0 Å². The number of carbonyl (C=O) groups is 1. The van der Waals surface area contributed by atoms with Crippen LogP contribution in [0.2, 0.25) is 0 Å². The van der Waals surface area contributed by atoms with E-state index in [2.05, 4.69) is 0 Å². The third-order valence-corrected chi connectivity index (χ3v) is 3.16. The Labute approximate surface area is 94.0 Å². The number of phenolic OH excluding ortho intramolecular Hbond substituents is 1.